The molecule has 0 bridgehead atoms. The van der Waals surface area contributed by atoms with Gasteiger partial charge in [0.15, 0.2) is 0 Å². The lowest BCUT2D eigenvalue weighted by Crippen LogP contribution is -2.17. The third kappa shape index (κ3) is 4.52. The summed E-state index contributed by atoms with van der Waals surface area (Å²) in [7, 11) is 0. The van der Waals surface area contributed by atoms with Gasteiger partial charge in [-0.15, -0.1) is 11.8 Å². The van der Waals surface area contributed by atoms with Gasteiger partial charge in [0, 0.05) is 28.4 Å². The highest BCUT2D eigenvalue weighted by Gasteiger charge is 2.12. The van der Waals surface area contributed by atoms with E-state index in [1.54, 1.807) is 36.3 Å². The van der Waals surface area contributed by atoms with Crippen molar-refractivity contribution < 1.29 is 4.79 Å². The Balaban J connectivity index is 1.64. The van der Waals surface area contributed by atoms with E-state index in [4.69, 9.17) is 5.10 Å². The molecule has 4 rings (SSSR count). The van der Waals surface area contributed by atoms with Crippen molar-refractivity contribution in [1.82, 2.24) is 20.2 Å². The first kappa shape index (κ1) is 19.7. The van der Waals surface area contributed by atoms with Crippen LogP contribution in [-0.4, -0.2) is 32.6 Å². The van der Waals surface area contributed by atoms with Crippen molar-refractivity contribution >= 4 is 23.9 Å². The van der Waals surface area contributed by atoms with Crippen LogP contribution in [0.3, 0.4) is 0 Å². The highest BCUT2D eigenvalue weighted by molar-refractivity contribution is 7.99. The summed E-state index contributed by atoms with van der Waals surface area (Å²) in [6.45, 7) is 2.14. The Kier molecular flexibility index (Phi) is 6.10. The second kappa shape index (κ2) is 9.28. The number of hydrogen-bond acceptors (Lipinski definition) is 4. The minimum absolute atomic E-state index is 0.297. The molecule has 0 aliphatic rings. The van der Waals surface area contributed by atoms with Gasteiger partial charge in [0.05, 0.1) is 11.9 Å². The van der Waals surface area contributed by atoms with Gasteiger partial charge in [-0.1, -0.05) is 37.3 Å². The van der Waals surface area contributed by atoms with E-state index in [-0.39, 0.29) is 5.91 Å². The molecule has 150 valence electrons. The van der Waals surface area contributed by atoms with Crippen molar-refractivity contribution in [3.8, 4) is 16.9 Å². The van der Waals surface area contributed by atoms with Gasteiger partial charge in [0.2, 0.25) is 0 Å². The summed E-state index contributed by atoms with van der Waals surface area (Å²) in [5.74, 6) is 0.731. The smallest absolute Gasteiger partial charge is 0.287 e. The van der Waals surface area contributed by atoms with Crippen molar-refractivity contribution in [1.29, 1.82) is 0 Å². The first-order valence-corrected chi connectivity index (χ1v) is 10.6. The van der Waals surface area contributed by atoms with Crippen LogP contribution in [0, 0.1) is 0 Å². The largest absolute Gasteiger partial charge is 0.357 e. The van der Waals surface area contributed by atoms with Crippen LogP contribution in [0.5, 0.6) is 0 Å². The second-order valence-corrected chi connectivity index (χ2v) is 7.79. The Labute approximate surface area is 179 Å². The highest BCUT2D eigenvalue weighted by atomic mass is 32.2. The number of aromatic nitrogens is 3. The molecular formula is C23H21N5OS. The zero-order valence-corrected chi connectivity index (χ0v) is 17.3. The predicted molar refractivity (Wildman–Crippen MR) is 121 cm³/mol. The predicted octanol–water partition coefficient (Wildman–Crippen LogP) is 4.74. The zero-order valence-electron chi connectivity index (χ0n) is 16.4. The molecule has 0 aliphatic heterocycles. The number of H-pyrrole nitrogens is 1. The summed E-state index contributed by atoms with van der Waals surface area (Å²) in [5.41, 5.74) is 6.54. The van der Waals surface area contributed by atoms with Gasteiger partial charge in [0.25, 0.3) is 5.91 Å². The molecule has 1 amide bonds. The van der Waals surface area contributed by atoms with E-state index in [1.807, 2.05) is 41.2 Å². The summed E-state index contributed by atoms with van der Waals surface area (Å²) in [6.07, 6.45) is 5.22. The van der Waals surface area contributed by atoms with Crippen molar-refractivity contribution in [2.45, 2.75) is 11.8 Å². The van der Waals surface area contributed by atoms with Gasteiger partial charge in [-0.2, -0.15) is 10.2 Å². The molecule has 0 atom stereocenters. The summed E-state index contributed by atoms with van der Waals surface area (Å²) >= 11 is 1.80. The van der Waals surface area contributed by atoms with Crippen LogP contribution in [-0.2, 0) is 0 Å². The topological polar surface area (TPSA) is 75.1 Å². The SMILES string of the molecule is CCSc1ccc(-c2nn(-c3ccccc3)cc2/C=N\NC(=O)c2ccc[nH]2)cc1. The summed E-state index contributed by atoms with van der Waals surface area (Å²) < 4.78 is 1.82. The molecule has 0 saturated heterocycles. The van der Waals surface area contributed by atoms with Crippen molar-refractivity contribution in [3.63, 3.8) is 0 Å². The second-order valence-electron chi connectivity index (χ2n) is 6.45. The van der Waals surface area contributed by atoms with Crippen molar-refractivity contribution in [2.75, 3.05) is 5.75 Å². The van der Waals surface area contributed by atoms with Crippen LogP contribution in [0.4, 0.5) is 0 Å². The maximum atomic E-state index is 12.1. The van der Waals surface area contributed by atoms with Crippen LogP contribution in [0.25, 0.3) is 16.9 Å². The maximum absolute atomic E-state index is 12.1. The minimum Gasteiger partial charge on any atom is -0.357 e. The van der Waals surface area contributed by atoms with E-state index in [1.165, 1.54) is 4.90 Å². The molecule has 4 aromatic rings. The quantitative estimate of drug-likeness (QED) is 0.260. The highest BCUT2D eigenvalue weighted by Crippen LogP contribution is 2.26. The molecule has 0 saturated carbocycles. The zero-order chi connectivity index (χ0) is 20.8. The van der Waals surface area contributed by atoms with Crippen LogP contribution < -0.4 is 5.43 Å². The van der Waals surface area contributed by atoms with E-state index in [0.717, 1.165) is 28.3 Å². The average Bonchev–Trinajstić information content (AvgIpc) is 3.46. The van der Waals surface area contributed by atoms with Gasteiger partial charge in [-0.25, -0.2) is 10.1 Å². The molecule has 0 fully saturated rings. The lowest BCUT2D eigenvalue weighted by atomic mass is 10.1. The number of rotatable bonds is 7. The molecule has 30 heavy (non-hydrogen) atoms. The first-order valence-electron chi connectivity index (χ1n) is 9.59. The Bertz CT molecular complexity index is 1130. The number of nitrogens with one attached hydrogen (secondary N) is 2. The first-order chi connectivity index (χ1) is 14.7. The van der Waals surface area contributed by atoms with Gasteiger partial charge < -0.3 is 4.98 Å². The Morgan fingerprint density at radius 3 is 2.63 bits per heavy atom. The molecule has 0 spiro atoms. The number of hydrogen-bond donors (Lipinski definition) is 2. The summed E-state index contributed by atoms with van der Waals surface area (Å²) in [6, 6.07) is 21.7. The molecular weight excluding hydrogens is 394 g/mol. The van der Waals surface area contributed by atoms with Crippen molar-refractivity contribution in [2.24, 2.45) is 5.10 Å². The summed E-state index contributed by atoms with van der Waals surface area (Å²) in [5, 5.41) is 8.91. The van der Waals surface area contributed by atoms with Crippen LogP contribution >= 0.6 is 11.8 Å². The van der Waals surface area contributed by atoms with Crippen LogP contribution in [0.1, 0.15) is 23.0 Å². The number of thioether (sulfide) groups is 1. The molecule has 0 aliphatic carbocycles. The van der Waals surface area contributed by atoms with Crippen LogP contribution in [0.15, 0.2) is 89.1 Å². The van der Waals surface area contributed by atoms with E-state index in [2.05, 4.69) is 46.7 Å². The molecule has 7 heteroatoms. The molecule has 2 heterocycles. The number of benzene rings is 2. The van der Waals surface area contributed by atoms with E-state index in [9.17, 15) is 4.79 Å². The number of carbonyl (C=O) groups excluding carboxylic acids is 1. The number of hydrazone groups is 1. The standard InChI is InChI=1S/C23H21N5OS/c1-2-30-20-12-10-17(11-13-20)22-18(15-25-26-23(29)21-9-6-14-24-21)16-28(27-22)19-7-4-3-5-8-19/h3-16,24H,2H2,1H3,(H,26,29)/b25-15-. The number of aromatic amines is 1. The maximum Gasteiger partial charge on any atom is 0.287 e. The Morgan fingerprint density at radius 1 is 1.13 bits per heavy atom. The number of para-hydroxylation sites is 1. The van der Waals surface area contributed by atoms with Crippen LogP contribution in [0.2, 0.25) is 0 Å². The summed E-state index contributed by atoms with van der Waals surface area (Å²) in [4.78, 5) is 16.2. The molecule has 0 unspecified atom stereocenters. The molecule has 0 radical (unpaired) electrons. The Hall–Kier alpha value is -3.58. The lowest BCUT2D eigenvalue weighted by molar-refractivity contribution is 0.0951. The van der Waals surface area contributed by atoms with Gasteiger partial charge >= 0.3 is 0 Å². The van der Waals surface area contributed by atoms with Crippen molar-refractivity contribution in [3.05, 3.63) is 90.4 Å². The number of amides is 1. The third-order valence-corrected chi connectivity index (χ3v) is 5.31. The minimum atomic E-state index is -0.297. The molecule has 2 N–H and O–H groups in total. The normalized spacial score (nSPS) is 11.1. The lowest BCUT2D eigenvalue weighted by Gasteiger charge is -2.02. The van der Waals surface area contributed by atoms with Gasteiger partial charge in [-0.3, -0.25) is 4.79 Å². The van der Waals surface area contributed by atoms with Gasteiger partial charge in [0.1, 0.15) is 11.4 Å². The fourth-order valence-electron chi connectivity index (χ4n) is 2.99. The fraction of sp³-hybridized carbons (Fsp3) is 0.0870. The Morgan fingerprint density at radius 2 is 1.93 bits per heavy atom. The molecule has 6 nitrogen and oxygen atoms in total. The third-order valence-electron chi connectivity index (χ3n) is 4.41. The molecule has 2 aromatic carbocycles. The molecule has 2 aromatic heterocycles. The van der Waals surface area contributed by atoms with E-state index in [0.29, 0.717) is 5.69 Å². The number of nitrogens with zero attached hydrogens (tertiary/aromatic N) is 3. The number of carbonyl (C=O) groups is 1. The van der Waals surface area contributed by atoms with Gasteiger partial charge in [-0.05, 0) is 42.2 Å². The average molecular weight is 416 g/mol. The monoisotopic (exact) mass is 415 g/mol. The van der Waals surface area contributed by atoms with E-state index < -0.39 is 0 Å². The van der Waals surface area contributed by atoms with E-state index >= 15 is 0 Å². The fourth-order valence-corrected chi connectivity index (χ4v) is 3.65.